The lowest BCUT2D eigenvalue weighted by molar-refractivity contribution is -0.174. The molecule has 286 valence electrons. The van der Waals surface area contributed by atoms with Crippen LogP contribution in [-0.4, -0.2) is 67.1 Å². The lowest BCUT2D eigenvalue weighted by Gasteiger charge is -2.36. The number of anilines is 1. The van der Waals surface area contributed by atoms with Gasteiger partial charge in [0.2, 0.25) is 11.6 Å². The van der Waals surface area contributed by atoms with Crippen molar-refractivity contribution < 1.29 is 42.1 Å². The number of benzene rings is 3. The van der Waals surface area contributed by atoms with Gasteiger partial charge in [-0.3, -0.25) is 14.6 Å². The van der Waals surface area contributed by atoms with Crippen molar-refractivity contribution in [3.8, 4) is 35.1 Å². The molecule has 2 heterocycles. The van der Waals surface area contributed by atoms with E-state index in [-0.39, 0.29) is 68.3 Å². The predicted molar refractivity (Wildman–Crippen MR) is 198 cm³/mol. The molecule has 1 aliphatic carbocycles. The van der Waals surface area contributed by atoms with Crippen molar-refractivity contribution in [2.24, 2.45) is 10.4 Å². The molecule has 14 heteroatoms. The van der Waals surface area contributed by atoms with Gasteiger partial charge < -0.3 is 33.9 Å². The second-order valence-corrected chi connectivity index (χ2v) is 13.1. The number of ether oxygens (including phenoxy) is 5. The van der Waals surface area contributed by atoms with Crippen LogP contribution in [0.3, 0.4) is 0 Å². The van der Waals surface area contributed by atoms with Crippen LogP contribution >= 0.6 is 0 Å². The molecule has 4 aromatic rings. The summed E-state index contributed by atoms with van der Waals surface area (Å²) in [6, 6.07) is 22.0. The van der Waals surface area contributed by atoms with E-state index < -0.39 is 52.5 Å². The Labute approximate surface area is 317 Å². The van der Waals surface area contributed by atoms with E-state index >= 15 is 8.78 Å². The molecule has 0 spiro atoms. The van der Waals surface area contributed by atoms with Gasteiger partial charge in [-0.05, 0) is 69.4 Å². The van der Waals surface area contributed by atoms with Gasteiger partial charge in [-0.25, -0.2) is 0 Å². The number of nitriles is 1. The van der Waals surface area contributed by atoms with E-state index in [1.807, 2.05) is 54.4 Å². The Hall–Kier alpha value is -6.23. The van der Waals surface area contributed by atoms with E-state index in [1.165, 1.54) is 18.2 Å². The zero-order valence-electron chi connectivity index (χ0n) is 30.8. The smallest absolute Gasteiger partial charge is 0.323 e. The van der Waals surface area contributed by atoms with Gasteiger partial charge in [0, 0.05) is 31.3 Å². The number of pyridine rings is 1. The van der Waals surface area contributed by atoms with Crippen molar-refractivity contribution in [1.82, 2.24) is 9.88 Å². The summed E-state index contributed by atoms with van der Waals surface area (Å²) in [7, 11) is 1.91. The van der Waals surface area contributed by atoms with Gasteiger partial charge >= 0.3 is 11.9 Å². The van der Waals surface area contributed by atoms with Crippen LogP contribution in [0.25, 0.3) is 0 Å². The number of aromatic nitrogens is 1. The van der Waals surface area contributed by atoms with E-state index in [4.69, 9.17) is 23.7 Å². The third-order valence-electron chi connectivity index (χ3n) is 9.42. The first-order valence-corrected chi connectivity index (χ1v) is 18.1. The quantitative estimate of drug-likeness (QED) is 0.101. The third kappa shape index (κ3) is 8.62. The molecule has 1 aromatic heterocycles. The molecule has 1 N–H and O–H groups in total. The largest absolute Gasteiger partial charge is 0.485 e. The van der Waals surface area contributed by atoms with Gasteiger partial charge in [0.1, 0.15) is 23.9 Å². The maximum absolute atomic E-state index is 16.6. The Morgan fingerprint density at radius 1 is 0.909 bits per heavy atom. The SMILES string of the molecule is CCOC(=O)C1(C(=O)OCC)CCC(Nc2c(F)c(Oc3cccc(C4=NCCN4C)c3)nc(Oc3cc(C#N)ccc3OCc3ccccc3)c2F)CC1. The Balaban J connectivity index is 1.34. The molecule has 3 aromatic carbocycles. The number of nitrogens with zero attached hydrogens (tertiary/aromatic N) is 4. The summed E-state index contributed by atoms with van der Waals surface area (Å²) in [6.45, 7) is 4.95. The maximum Gasteiger partial charge on any atom is 0.323 e. The molecule has 0 bridgehead atoms. The van der Waals surface area contributed by atoms with Crippen LogP contribution < -0.4 is 19.5 Å². The minimum absolute atomic E-state index is 0.0254. The first-order valence-electron chi connectivity index (χ1n) is 18.1. The number of carbonyl (C=O) groups excluding carboxylic acids is 2. The molecule has 6 rings (SSSR count). The molecule has 12 nitrogen and oxygen atoms in total. The highest BCUT2D eigenvalue weighted by atomic mass is 19.1. The molecule has 1 aliphatic heterocycles. The monoisotopic (exact) mass is 753 g/mol. The number of hydrogen-bond acceptors (Lipinski definition) is 12. The molecular formula is C41H41F2N5O7. The fraction of sp³-hybridized carbons (Fsp3) is 0.341. The summed E-state index contributed by atoms with van der Waals surface area (Å²) in [6.07, 6.45) is 0.393. The predicted octanol–water partition coefficient (Wildman–Crippen LogP) is 7.55. The molecule has 1 saturated carbocycles. The lowest BCUT2D eigenvalue weighted by atomic mass is 9.72. The van der Waals surface area contributed by atoms with Crippen molar-refractivity contribution >= 4 is 23.5 Å². The second kappa shape index (κ2) is 17.3. The summed E-state index contributed by atoms with van der Waals surface area (Å²) in [5.74, 6) is -3.86. The Morgan fingerprint density at radius 3 is 2.24 bits per heavy atom. The van der Waals surface area contributed by atoms with E-state index in [0.717, 1.165) is 23.5 Å². The molecular weight excluding hydrogens is 712 g/mol. The number of rotatable bonds is 14. The summed E-state index contributed by atoms with van der Waals surface area (Å²) in [4.78, 5) is 36.7. The highest BCUT2D eigenvalue weighted by molar-refractivity contribution is 6.00. The summed E-state index contributed by atoms with van der Waals surface area (Å²) < 4.78 is 61.5. The van der Waals surface area contributed by atoms with Crippen molar-refractivity contribution in [2.45, 2.75) is 52.2 Å². The van der Waals surface area contributed by atoms with E-state index in [1.54, 1.807) is 32.0 Å². The normalized spacial score (nSPS) is 15.1. The molecule has 55 heavy (non-hydrogen) atoms. The maximum atomic E-state index is 16.6. The second-order valence-electron chi connectivity index (χ2n) is 13.1. The topological polar surface area (TPSA) is 145 Å². The van der Waals surface area contributed by atoms with Gasteiger partial charge in [0.15, 0.2) is 16.9 Å². The highest BCUT2D eigenvalue weighted by Crippen LogP contribution is 2.43. The zero-order chi connectivity index (χ0) is 39.0. The standard InChI is InChI=1S/C41H41F2N5O7/c1-4-51-39(49)41(40(50)52-5-2)18-16-29(17-19-41)46-35-33(42)37(54-30-13-9-12-28(23-30)36-45-20-21-48(36)3)47-38(34(35)43)55-32-22-27(24-44)14-15-31(32)53-25-26-10-7-6-8-11-26/h6-15,22-23,29H,4-5,16-21,25H2,1-3H3,(H,46,47). The van der Waals surface area contributed by atoms with Crippen molar-refractivity contribution in [2.75, 3.05) is 38.7 Å². The average molecular weight is 754 g/mol. The number of aliphatic imine (C=N–C) groups is 1. The summed E-state index contributed by atoms with van der Waals surface area (Å²) in [5.41, 5.74) is -0.344. The van der Waals surface area contributed by atoms with E-state index in [0.29, 0.717) is 6.54 Å². The van der Waals surface area contributed by atoms with Crippen LogP contribution in [0.2, 0.25) is 0 Å². The van der Waals surface area contributed by atoms with Crippen molar-refractivity contribution in [3.63, 3.8) is 0 Å². The van der Waals surface area contributed by atoms with Gasteiger partial charge in [-0.15, -0.1) is 0 Å². The fourth-order valence-corrected chi connectivity index (χ4v) is 6.52. The number of halogens is 2. The number of amidine groups is 1. The number of esters is 2. The molecule has 0 amide bonds. The van der Waals surface area contributed by atoms with E-state index in [9.17, 15) is 14.9 Å². The lowest BCUT2D eigenvalue weighted by Crippen LogP contribution is -2.46. The van der Waals surface area contributed by atoms with Gasteiger partial charge in [-0.1, -0.05) is 42.5 Å². The average Bonchev–Trinajstić information content (AvgIpc) is 3.64. The number of nitrogens with one attached hydrogen (secondary N) is 1. The summed E-state index contributed by atoms with van der Waals surface area (Å²) >= 11 is 0. The minimum atomic E-state index is -1.54. The number of carbonyl (C=O) groups is 2. The fourth-order valence-electron chi connectivity index (χ4n) is 6.52. The Kier molecular flexibility index (Phi) is 12.1. The van der Waals surface area contributed by atoms with E-state index in [2.05, 4.69) is 15.3 Å². The molecule has 1 fully saturated rings. The van der Waals surface area contributed by atoms with Crippen LogP contribution in [0.4, 0.5) is 14.5 Å². The van der Waals surface area contributed by atoms with Crippen LogP contribution in [0.1, 0.15) is 56.2 Å². The van der Waals surface area contributed by atoms with Crippen LogP contribution in [0.15, 0.2) is 77.8 Å². The first kappa shape index (κ1) is 38.5. The highest BCUT2D eigenvalue weighted by Gasteiger charge is 2.51. The van der Waals surface area contributed by atoms with Gasteiger partial charge in [0.05, 0.1) is 31.4 Å². The van der Waals surface area contributed by atoms with Crippen molar-refractivity contribution in [1.29, 1.82) is 5.26 Å². The molecule has 0 radical (unpaired) electrons. The van der Waals surface area contributed by atoms with Crippen molar-refractivity contribution in [3.05, 3.63) is 101 Å². The van der Waals surface area contributed by atoms with Crippen LogP contribution in [0, 0.1) is 28.4 Å². The van der Waals surface area contributed by atoms with Crippen LogP contribution in [0.5, 0.6) is 29.0 Å². The molecule has 0 saturated heterocycles. The first-order chi connectivity index (χ1) is 26.6. The number of likely N-dealkylation sites (N-methyl/N-ethyl adjacent to an activating group) is 1. The minimum Gasteiger partial charge on any atom is -0.485 e. The van der Waals surface area contributed by atoms with Gasteiger partial charge in [0.25, 0.3) is 11.8 Å². The molecule has 2 aliphatic rings. The third-order valence-corrected chi connectivity index (χ3v) is 9.42. The summed E-state index contributed by atoms with van der Waals surface area (Å²) in [5, 5.41) is 12.6. The Morgan fingerprint density at radius 2 is 1.60 bits per heavy atom. The molecule has 0 atom stereocenters. The van der Waals surface area contributed by atoms with Crippen LogP contribution in [-0.2, 0) is 25.7 Å². The molecule has 0 unspecified atom stereocenters. The number of hydrogen-bond donors (Lipinski definition) is 1. The van der Waals surface area contributed by atoms with Gasteiger partial charge in [-0.2, -0.15) is 19.0 Å². The Bertz CT molecular complexity index is 2080. The zero-order valence-corrected chi connectivity index (χ0v) is 30.8.